The fourth-order valence-corrected chi connectivity index (χ4v) is 3.95. The number of rotatable bonds is 5. The van der Waals surface area contributed by atoms with E-state index < -0.39 is 5.97 Å². The molecule has 1 amide bonds. The van der Waals surface area contributed by atoms with Crippen molar-refractivity contribution in [3.05, 3.63) is 0 Å². The van der Waals surface area contributed by atoms with Crippen LogP contribution in [-0.2, 0) is 9.59 Å². The molecular formula is C16H28N2O3. The Balaban J connectivity index is 2.03. The third-order valence-corrected chi connectivity index (χ3v) is 5.01. The van der Waals surface area contributed by atoms with Crippen LogP contribution in [0.3, 0.4) is 0 Å². The molecule has 2 saturated heterocycles. The van der Waals surface area contributed by atoms with Gasteiger partial charge in [0.15, 0.2) is 0 Å². The van der Waals surface area contributed by atoms with E-state index in [-0.39, 0.29) is 23.7 Å². The first-order chi connectivity index (χ1) is 10.1. The number of nitrogens with zero attached hydrogens (tertiary/aromatic N) is 1. The largest absolute Gasteiger partial charge is 0.481 e. The van der Waals surface area contributed by atoms with Crippen LogP contribution in [0.5, 0.6) is 0 Å². The second-order valence-electron chi connectivity index (χ2n) is 6.64. The Morgan fingerprint density at radius 2 is 2.05 bits per heavy atom. The van der Waals surface area contributed by atoms with Crippen molar-refractivity contribution in [1.82, 2.24) is 10.2 Å². The van der Waals surface area contributed by atoms with Crippen LogP contribution < -0.4 is 5.32 Å². The number of carbonyl (C=O) groups is 2. The van der Waals surface area contributed by atoms with Gasteiger partial charge in [0, 0.05) is 19.5 Å². The minimum atomic E-state index is -0.751. The van der Waals surface area contributed by atoms with Gasteiger partial charge in [-0.05, 0) is 51.1 Å². The number of carboxylic acids is 1. The molecule has 0 aromatic heterocycles. The van der Waals surface area contributed by atoms with Gasteiger partial charge in [0.25, 0.3) is 0 Å². The lowest BCUT2D eigenvalue weighted by atomic mass is 9.73. The quantitative estimate of drug-likeness (QED) is 0.812. The van der Waals surface area contributed by atoms with E-state index in [1.165, 1.54) is 0 Å². The molecule has 120 valence electrons. The molecule has 2 heterocycles. The van der Waals surface area contributed by atoms with Crippen molar-refractivity contribution in [3.8, 4) is 0 Å². The van der Waals surface area contributed by atoms with E-state index in [0.29, 0.717) is 6.54 Å². The van der Waals surface area contributed by atoms with Gasteiger partial charge in [0.05, 0.1) is 5.41 Å². The predicted octanol–water partition coefficient (Wildman–Crippen LogP) is 1.87. The first-order valence-electron chi connectivity index (χ1n) is 8.29. The number of hydrogen-bond donors (Lipinski definition) is 2. The molecule has 5 nitrogen and oxygen atoms in total. The number of piperidine rings is 2. The monoisotopic (exact) mass is 296 g/mol. The Morgan fingerprint density at radius 3 is 2.67 bits per heavy atom. The zero-order valence-electron chi connectivity index (χ0n) is 13.1. The fourth-order valence-electron chi connectivity index (χ4n) is 3.95. The summed E-state index contributed by atoms with van der Waals surface area (Å²) in [6.45, 7) is 5.40. The van der Waals surface area contributed by atoms with Gasteiger partial charge in [-0.25, -0.2) is 0 Å². The van der Waals surface area contributed by atoms with E-state index in [1.54, 1.807) is 0 Å². The molecular weight excluding hydrogens is 268 g/mol. The SMILES string of the molecule is CCCC1(C(=O)N2CCCC(CC(=O)O)C2)CCNCC1. The third kappa shape index (κ3) is 3.96. The lowest BCUT2D eigenvalue weighted by Crippen LogP contribution is -2.52. The number of carboxylic acid groups (broad SMARTS) is 1. The number of nitrogens with one attached hydrogen (secondary N) is 1. The molecule has 2 rings (SSSR count). The molecule has 0 aromatic rings. The topological polar surface area (TPSA) is 69.6 Å². The van der Waals surface area contributed by atoms with Crippen LogP contribution >= 0.6 is 0 Å². The van der Waals surface area contributed by atoms with Gasteiger partial charge in [-0.2, -0.15) is 0 Å². The fraction of sp³-hybridized carbons (Fsp3) is 0.875. The molecule has 21 heavy (non-hydrogen) atoms. The number of amides is 1. The maximum absolute atomic E-state index is 13.0. The number of likely N-dealkylation sites (tertiary alicyclic amines) is 1. The number of hydrogen-bond acceptors (Lipinski definition) is 3. The molecule has 5 heteroatoms. The molecule has 0 aliphatic carbocycles. The number of carbonyl (C=O) groups excluding carboxylic acids is 1. The minimum absolute atomic E-state index is 0.126. The smallest absolute Gasteiger partial charge is 0.303 e. The van der Waals surface area contributed by atoms with E-state index in [9.17, 15) is 9.59 Å². The normalized spacial score (nSPS) is 25.6. The average molecular weight is 296 g/mol. The molecule has 1 atom stereocenters. The van der Waals surface area contributed by atoms with Crippen molar-refractivity contribution >= 4 is 11.9 Å². The van der Waals surface area contributed by atoms with Gasteiger partial charge in [0.2, 0.25) is 5.91 Å². The summed E-state index contributed by atoms with van der Waals surface area (Å²) in [7, 11) is 0. The first-order valence-corrected chi connectivity index (χ1v) is 8.29. The van der Waals surface area contributed by atoms with Crippen molar-refractivity contribution in [2.24, 2.45) is 11.3 Å². The Bertz CT molecular complexity index is 372. The highest BCUT2D eigenvalue weighted by molar-refractivity contribution is 5.83. The van der Waals surface area contributed by atoms with Crippen LogP contribution in [0.1, 0.15) is 51.9 Å². The molecule has 0 bridgehead atoms. The van der Waals surface area contributed by atoms with Crippen molar-refractivity contribution in [2.75, 3.05) is 26.2 Å². The van der Waals surface area contributed by atoms with Crippen LogP contribution in [0, 0.1) is 11.3 Å². The standard InChI is InChI=1S/C16H28N2O3/c1-2-5-16(6-8-17-9-7-16)15(21)18-10-3-4-13(12-18)11-14(19)20/h13,17H,2-12H2,1H3,(H,19,20). The summed E-state index contributed by atoms with van der Waals surface area (Å²) in [5.74, 6) is -0.346. The maximum atomic E-state index is 13.0. The van der Waals surface area contributed by atoms with Gasteiger partial charge >= 0.3 is 5.97 Å². The second kappa shape index (κ2) is 7.25. The summed E-state index contributed by atoms with van der Waals surface area (Å²) in [6.07, 6.45) is 5.86. The van der Waals surface area contributed by atoms with Gasteiger partial charge in [-0.15, -0.1) is 0 Å². The molecule has 2 fully saturated rings. The molecule has 0 spiro atoms. The Hall–Kier alpha value is -1.10. The van der Waals surface area contributed by atoms with Crippen LogP contribution in [0.25, 0.3) is 0 Å². The van der Waals surface area contributed by atoms with E-state index in [2.05, 4.69) is 12.2 Å². The summed E-state index contributed by atoms with van der Waals surface area (Å²) < 4.78 is 0. The van der Waals surface area contributed by atoms with E-state index in [1.807, 2.05) is 4.90 Å². The van der Waals surface area contributed by atoms with Crippen LogP contribution in [0.4, 0.5) is 0 Å². The molecule has 1 unspecified atom stereocenters. The maximum Gasteiger partial charge on any atom is 0.303 e. The third-order valence-electron chi connectivity index (χ3n) is 5.01. The van der Waals surface area contributed by atoms with E-state index in [4.69, 9.17) is 5.11 Å². The lowest BCUT2D eigenvalue weighted by Gasteiger charge is -2.42. The van der Waals surface area contributed by atoms with Crippen molar-refractivity contribution in [2.45, 2.75) is 51.9 Å². The zero-order valence-corrected chi connectivity index (χ0v) is 13.1. The second-order valence-corrected chi connectivity index (χ2v) is 6.64. The van der Waals surface area contributed by atoms with Crippen molar-refractivity contribution < 1.29 is 14.7 Å². The first kappa shape index (κ1) is 16.3. The summed E-state index contributed by atoms with van der Waals surface area (Å²) in [5.41, 5.74) is -0.203. The summed E-state index contributed by atoms with van der Waals surface area (Å²) in [4.78, 5) is 25.9. The molecule has 2 aliphatic rings. The van der Waals surface area contributed by atoms with Gasteiger partial charge in [-0.3, -0.25) is 9.59 Å². The van der Waals surface area contributed by atoms with Crippen LogP contribution in [0.2, 0.25) is 0 Å². The highest BCUT2D eigenvalue weighted by atomic mass is 16.4. The highest BCUT2D eigenvalue weighted by Gasteiger charge is 2.42. The molecule has 0 saturated carbocycles. The molecule has 2 aliphatic heterocycles. The predicted molar refractivity (Wildman–Crippen MR) is 81.0 cm³/mol. The summed E-state index contributed by atoms with van der Waals surface area (Å²) in [5, 5.41) is 12.3. The highest BCUT2D eigenvalue weighted by Crippen LogP contribution is 2.37. The van der Waals surface area contributed by atoms with Crippen LogP contribution in [0.15, 0.2) is 0 Å². The molecule has 2 N–H and O–H groups in total. The zero-order chi connectivity index (χ0) is 15.3. The molecule has 0 radical (unpaired) electrons. The van der Waals surface area contributed by atoms with E-state index in [0.717, 1.165) is 58.2 Å². The van der Waals surface area contributed by atoms with Gasteiger partial charge < -0.3 is 15.3 Å². The summed E-state index contributed by atoms with van der Waals surface area (Å²) in [6, 6.07) is 0. The van der Waals surface area contributed by atoms with Crippen molar-refractivity contribution in [3.63, 3.8) is 0 Å². The average Bonchev–Trinajstić information content (AvgIpc) is 2.47. The lowest BCUT2D eigenvalue weighted by molar-refractivity contribution is -0.148. The Kier molecular flexibility index (Phi) is 5.62. The molecule has 0 aromatic carbocycles. The minimum Gasteiger partial charge on any atom is -0.481 e. The van der Waals surface area contributed by atoms with Crippen molar-refractivity contribution in [1.29, 1.82) is 0 Å². The Morgan fingerprint density at radius 1 is 1.33 bits per heavy atom. The van der Waals surface area contributed by atoms with Crippen LogP contribution in [-0.4, -0.2) is 48.1 Å². The summed E-state index contributed by atoms with van der Waals surface area (Å²) >= 11 is 0. The van der Waals surface area contributed by atoms with Gasteiger partial charge in [-0.1, -0.05) is 13.3 Å². The van der Waals surface area contributed by atoms with E-state index >= 15 is 0 Å². The Labute approximate surface area is 127 Å². The van der Waals surface area contributed by atoms with Gasteiger partial charge in [0.1, 0.15) is 0 Å². The number of aliphatic carboxylic acids is 1.